The first-order chi connectivity index (χ1) is 6.29. The standard InChI is InChI=1S/C10H7F2Si/c11-13(12)10-7-3-5-8-4-1-2-6-9(8)10/h1-7H. The van der Waals surface area contributed by atoms with Gasteiger partial charge in [-0.25, -0.2) is 0 Å². The molecule has 0 unspecified atom stereocenters. The molecule has 0 amide bonds. The Labute approximate surface area is 76.8 Å². The van der Waals surface area contributed by atoms with E-state index >= 15 is 0 Å². The summed E-state index contributed by atoms with van der Waals surface area (Å²) in [6.07, 6.45) is 0. The highest BCUT2D eigenvalue weighted by atomic mass is 28.4. The Hall–Kier alpha value is -1.22. The van der Waals surface area contributed by atoms with E-state index in [0.29, 0.717) is 5.39 Å². The number of halogens is 2. The molecule has 0 heterocycles. The molecule has 2 aromatic carbocycles. The van der Waals surface area contributed by atoms with Gasteiger partial charge in [0.05, 0.1) is 0 Å². The summed E-state index contributed by atoms with van der Waals surface area (Å²) in [5, 5.41) is 1.78. The summed E-state index contributed by atoms with van der Waals surface area (Å²) in [6, 6.07) is 12.3. The monoisotopic (exact) mass is 193 g/mol. The Morgan fingerprint density at radius 3 is 2.31 bits per heavy atom. The van der Waals surface area contributed by atoms with E-state index in [1.54, 1.807) is 18.2 Å². The summed E-state index contributed by atoms with van der Waals surface area (Å²) in [6.45, 7) is 0. The summed E-state index contributed by atoms with van der Waals surface area (Å²) >= 11 is 0. The van der Waals surface area contributed by atoms with Crippen molar-refractivity contribution in [3.8, 4) is 0 Å². The van der Waals surface area contributed by atoms with Gasteiger partial charge in [-0.1, -0.05) is 42.5 Å². The third kappa shape index (κ3) is 1.47. The lowest BCUT2D eigenvalue weighted by molar-refractivity contribution is 0.685. The predicted octanol–water partition coefficient (Wildman–Crippen LogP) is 2.47. The average molecular weight is 193 g/mol. The zero-order chi connectivity index (χ0) is 9.26. The van der Waals surface area contributed by atoms with E-state index in [2.05, 4.69) is 0 Å². The van der Waals surface area contributed by atoms with Crippen LogP contribution in [0.5, 0.6) is 0 Å². The molecule has 2 aromatic rings. The Bertz CT molecular complexity index is 421. The van der Waals surface area contributed by atoms with E-state index in [4.69, 9.17) is 0 Å². The molecule has 1 radical (unpaired) electrons. The molecule has 0 atom stereocenters. The van der Waals surface area contributed by atoms with Gasteiger partial charge in [0.1, 0.15) is 0 Å². The van der Waals surface area contributed by atoms with Crippen LogP contribution in [0.15, 0.2) is 42.5 Å². The Morgan fingerprint density at radius 1 is 0.846 bits per heavy atom. The topological polar surface area (TPSA) is 0 Å². The lowest BCUT2D eigenvalue weighted by Crippen LogP contribution is -2.20. The first kappa shape index (κ1) is 8.38. The van der Waals surface area contributed by atoms with E-state index in [-0.39, 0.29) is 5.19 Å². The van der Waals surface area contributed by atoms with Crippen molar-refractivity contribution >= 4 is 25.4 Å². The number of fused-ring (bicyclic) bond motifs is 1. The smallest absolute Gasteiger partial charge is 0.262 e. The highest BCUT2D eigenvalue weighted by Crippen LogP contribution is 2.11. The molecular weight excluding hydrogens is 186 g/mol. The van der Waals surface area contributed by atoms with Gasteiger partial charge in [-0.2, -0.15) is 0 Å². The van der Waals surface area contributed by atoms with Gasteiger partial charge in [0.15, 0.2) is 0 Å². The molecule has 0 saturated heterocycles. The Morgan fingerprint density at radius 2 is 1.54 bits per heavy atom. The molecule has 0 aliphatic rings. The molecule has 0 fully saturated rings. The van der Waals surface area contributed by atoms with Crippen molar-refractivity contribution in [2.75, 3.05) is 0 Å². The van der Waals surface area contributed by atoms with Crippen LogP contribution < -0.4 is 5.19 Å². The fraction of sp³-hybridized carbons (Fsp3) is 0. The molecule has 2 rings (SSSR count). The summed E-state index contributed by atoms with van der Waals surface area (Å²) in [5.74, 6) is 0. The maximum Gasteiger partial charge on any atom is 0.511 e. The molecule has 0 N–H and O–H groups in total. The van der Waals surface area contributed by atoms with Crippen LogP contribution in [-0.4, -0.2) is 9.46 Å². The fourth-order valence-electron chi connectivity index (χ4n) is 1.39. The Balaban J connectivity index is 2.76. The second kappa shape index (κ2) is 3.26. The van der Waals surface area contributed by atoms with E-state index in [0.717, 1.165) is 5.39 Å². The highest BCUT2D eigenvalue weighted by molar-refractivity contribution is 6.63. The SMILES string of the molecule is F[Si](F)c1cccc2ccccc12. The van der Waals surface area contributed by atoms with Crippen LogP contribution in [-0.2, 0) is 0 Å². The quantitative estimate of drug-likeness (QED) is 0.482. The number of hydrogen-bond acceptors (Lipinski definition) is 0. The van der Waals surface area contributed by atoms with E-state index in [1.807, 2.05) is 18.2 Å². The van der Waals surface area contributed by atoms with Crippen LogP contribution in [0.3, 0.4) is 0 Å². The van der Waals surface area contributed by atoms with Crippen molar-refractivity contribution in [2.45, 2.75) is 0 Å². The van der Waals surface area contributed by atoms with Gasteiger partial charge < -0.3 is 0 Å². The first-order valence-electron chi connectivity index (χ1n) is 3.95. The third-order valence-corrected chi connectivity index (χ3v) is 2.84. The van der Waals surface area contributed by atoms with Crippen molar-refractivity contribution < 1.29 is 8.22 Å². The van der Waals surface area contributed by atoms with Gasteiger partial charge in [-0.05, 0) is 10.8 Å². The van der Waals surface area contributed by atoms with E-state index in [9.17, 15) is 8.22 Å². The molecule has 0 aliphatic heterocycles. The Kier molecular flexibility index (Phi) is 2.10. The van der Waals surface area contributed by atoms with Crippen molar-refractivity contribution in [1.82, 2.24) is 0 Å². The van der Waals surface area contributed by atoms with Crippen molar-refractivity contribution in [3.63, 3.8) is 0 Å². The van der Waals surface area contributed by atoms with Gasteiger partial charge in [-0.15, -0.1) is 0 Å². The number of benzene rings is 2. The molecule has 0 nitrogen and oxygen atoms in total. The lowest BCUT2D eigenvalue weighted by atomic mass is 10.1. The van der Waals surface area contributed by atoms with Crippen LogP contribution in [0.1, 0.15) is 0 Å². The summed E-state index contributed by atoms with van der Waals surface area (Å²) in [4.78, 5) is 0. The zero-order valence-electron chi connectivity index (χ0n) is 6.80. The van der Waals surface area contributed by atoms with Gasteiger partial charge in [-0.3, -0.25) is 8.22 Å². The maximum absolute atomic E-state index is 12.6. The van der Waals surface area contributed by atoms with Gasteiger partial charge in [0.2, 0.25) is 0 Å². The zero-order valence-corrected chi connectivity index (χ0v) is 7.80. The van der Waals surface area contributed by atoms with Crippen molar-refractivity contribution in [1.29, 1.82) is 0 Å². The van der Waals surface area contributed by atoms with Gasteiger partial charge in [0, 0.05) is 5.19 Å². The van der Waals surface area contributed by atoms with Crippen LogP contribution in [0, 0.1) is 0 Å². The molecule has 3 heteroatoms. The molecule has 0 aromatic heterocycles. The molecule has 0 spiro atoms. The lowest BCUT2D eigenvalue weighted by Gasteiger charge is -2.01. The summed E-state index contributed by atoms with van der Waals surface area (Å²) < 4.78 is 25.2. The number of rotatable bonds is 1. The van der Waals surface area contributed by atoms with Crippen LogP contribution in [0.25, 0.3) is 10.8 Å². The van der Waals surface area contributed by atoms with E-state index in [1.165, 1.54) is 6.07 Å². The van der Waals surface area contributed by atoms with Crippen molar-refractivity contribution in [3.05, 3.63) is 42.5 Å². The molecule has 13 heavy (non-hydrogen) atoms. The average Bonchev–Trinajstić information content (AvgIpc) is 2.17. The first-order valence-corrected chi connectivity index (χ1v) is 5.21. The minimum Gasteiger partial charge on any atom is -0.262 e. The van der Waals surface area contributed by atoms with Crippen LogP contribution in [0.2, 0.25) is 0 Å². The normalized spacial score (nSPS) is 11.0. The maximum atomic E-state index is 12.6. The van der Waals surface area contributed by atoms with Crippen molar-refractivity contribution in [2.24, 2.45) is 0 Å². The van der Waals surface area contributed by atoms with Crippen LogP contribution in [0.4, 0.5) is 8.22 Å². The fourth-order valence-corrected chi connectivity index (χ4v) is 2.04. The molecular formula is C10H7F2Si. The van der Waals surface area contributed by atoms with Gasteiger partial charge >= 0.3 is 9.46 Å². The molecule has 0 saturated carbocycles. The molecule has 65 valence electrons. The van der Waals surface area contributed by atoms with Crippen LogP contribution >= 0.6 is 0 Å². The van der Waals surface area contributed by atoms with Gasteiger partial charge in [0.25, 0.3) is 0 Å². The molecule has 0 bridgehead atoms. The summed E-state index contributed by atoms with van der Waals surface area (Å²) in [5.41, 5.74) is 0. The second-order valence-corrected chi connectivity index (χ2v) is 3.85. The molecule has 0 aliphatic carbocycles. The predicted molar refractivity (Wildman–Crippen MR) is 51.6 cm³/mol. The van der Waals surface area contributed by atoms with E-state index < -0.39 is 9.46 Å². The summed E-state index contributed by atoms with van der Waals surface area (Å²) in [7, 11) is -3.34. The number of hydrogen-bond donors (Lipinski definition) is 0. The second-order valence-electron chi connectivity index (χ2n) is 2.79. The minimum atomic E-state index is -3.34. The largest absolute Gasteiger partial charge is 0.511 e. The minimum absolute atomic E-state index is 0.211. The third-order valence-electron chi connectivity index (χ3n) is 1.99. The highest BCUT2D eigenvalue weighted by Gasteiger charge is 2.16.